The Hall–Kier alpha value is -0.830. The summed E-state index contributed by atoms with van der Waals surface area (Å²) < 4.78 is 0.990. The van der Waals surface area contributed by atoms with Gasteiger partial charge in [-0.2, -0.15) is 0 Å². The highest BCUT2D eigenvalue weighted by molar-refractivity contribution is 9.10. The van der Waals surface area contributed by atoms with Gasteiger partial charge in [-0.25, -0.2) is 0 Å². The van der Waals surface area contributed by atoms with Crippen LogP contribution in [-0.4, -0.2) is 11.1 Å². The molecule has 1 aromatic carbocycles. The first-order valence-electron chi connectivity index (χ1n) is 4.96. The Morgan fingerprint density at radius 2 is 2.20 bits per heavy atom. The number of aliphatic carboxylic acids is 1. The molecule has 0 aliphatic rings. The lowest BCUT2D eigenvalue weighted by molar-refractivity contribution is -0.148. The van der Waals surface area contributed by atoms with E-state index >= 15 is 0 Å². The highest BCUT2D eigenvalue weighted by atomic mass is 79.9. The van der Waals surface area contributed by atoms with E-state index in [1.165, 1.54) is 0 Å². The van der Waals surface area contributed by atoms with Crippen molar-refractivity contribution < 1.29 is 9.90 Å². The normalized spacial score (nSPS) is 14.6. The second kappa shape index (κ2) is 4.79. The molecule has 0 saturated heterocycles. The van der Waals surface area contributed by atoms with E-state index in [9.17, 15) is 4.79 Å². The number of rotatable bonds is 4. The molecule has 1 rings (SSSR count). The van der Waals surface area contributed by atoms with Crippen LogP contribution < -0.4 is 0 Å². The van der Waals surface area contributed by atoms with Gasteiger partial charge in [0.1, 0.15) is 0 Å². The summed E-state index contributed by atoms with van der Waals surface area (Å²) in [6.07, 6.45) is 1.20. The van der Waals surface area contributed by atoms with Crippen LogP contribution in [0.2, 0.25) is 0 Å². The van der Waals surface area contributed by atoms with Crippen molar-refractivity contribution in [3.05, 3.63) is 34.3 Å². The Morgan fingerprint density at radius 3 is 2.67 bits per heavy atom. The number of benzene rings is 1. The molecule has 0 radical (unpaired) electrons. The van der Waals surface area contributed by atoms with Crippen LogP contribution in [0.5, 0.6) is 0 Å². The first-order valence-corrected chi connectivity index (χ1v) is 5.75. The van der Waals surface area contributed by atoms with Gasteiger partial charge in [0.05, 0.1) is 5.41 Å². The fraction of sp³-hybridized carbons (Fsp3) is 0.417. The van der Waals surface area contributed by atoms with E-state index in [4.69, 9.17) is 5.11 Å². The molecule has 3 heteroatoms. The van der Waals surface area contributed by atoms with Crippen LogP contribution in [0.25, 0.3) is 0 Å². The molecule has 82 valence electrons. The summed E-state index contributed by atoms with van der Waals surface area (Å²) in [4.78, 5) is 11.1. The van der Waals surface area contributed by atoms with Gasteiger partial charge in [0.25, 0.3) is 0 Å². The topological polar surface area (TPSA) is 37.3 Å². The van der Waals surface area contributed by atoms with Crippen molar-refractivity contribution in [2.75, 3.05) is 0 Å². The molecule has 1 atom stereocenters. The largest absolute Gasteiger partial charge is 0.481 e. The quantitative estimate of drug-likeness (QED) is 0.910. The van der Waals surface area contributed by atoms with Gasteiger partial charge in [-0.3, -0.25) is 4.79 Å². The van der Waals surface area contributed by atoms with Crippen molar-refractivity contribution >= 4 is 21.9 Å². The predicted octanol–water partition coefficient (Wildman–Crippen LogP) is 3.49. The van der Waals surface area contributed by atoms with Crippen LogP contribution >= 0.6 is 15.9 Å². The first-order chi connectivity index (χ1) is 6.98. The molecule has 0 spiro atoms. The molecule has 0 aliphatic heterocycles. The Bertz CT molecular complexity index is 362. The average Bonchev–Trinajstić information content (AvgIpc) is 2.17. The van der Waals surface area contributed by atoms with E-state index in [0.717, 1.165) is 10.0 Å². The zero-order valence-electron chi connectivity index (χ0n) is 8.96. The molecule has 1 aromatic rings. The van der Waals surface area contributed by atoms with Crippen LogP contribution in [0.1, 0.15) is 25.8 Å². The zero-order chi connectivity index (χ0) is 11.5. The number of carboxylic acids is 1. The van der Waals surface area contributed by atoms with Crippen molar-refractivity contribution in [2.24, 2.45) is 5.41 Å². The van der Waals surface area contributed by atoms with E-state index in [0.29, 0.717) is 12.8 Å². The third-order valence-electron chi connectivity index (χ3n) is 2.78. The molecule has 0 aromatic heterocycles. The maximum atomic E-state index is 11.1. The average molecular weight is 271 g/mol. The van der Waals surface area contributed by atoms with E-state index in [1.807, 2.05) is 31.2 Å². The van der Waals surface area contributed by atoms with Gasteiger partial charge in [0.2, 0.25) is 0 Å². The Kier molecular flexibility index (Phi) is 3.91. The monoisotopic (exact) mass is 270 g/mol. The van der Waals surface area contributed by atoms with Crippen molar-refractivity contribution in [2.45, 2.75) is 26.7 Å². The highest BCUT2D eigenvalue weighted by Crippen LogP contribution is 2.27. The molecule has 0 saturated carbocycles. The van der Waals surface area contributed by atoms with Crippen LogP contribution in [0.3, 0.4) is 0 Å². The minimum atomic E-state index is -0.732. The SMILES string of the molecule is CCC(C)(Cc1cccc(Br)c1)C(=O)O. The van der Waals surface area contributed by atoms with Gasteiger partial charge in [0.15, 0.2) is 0 Å². The Morgan fingerprint density at radius 1 is 1.53 bits per heavy atom. The highest BCUT2D eigenvalue weighted by Gasteiger charge is 2.31. The minimum absolute atomic E-state index is 0.568. The van der Waals surface area contributed by atoms with Gasteiger partial charge in [-0.15, -0.1) is 0 Å². The minimum Gasteiger partial charge on any atom is -0.481 e. The van der Waals surface area contributed by atoms with Gasteiger partial charge >= 0.3 is 5.97 Å². The molecular weight excluding hydrogens is 256 g/mol. The van der Waals surface area contributed by atoms with Crippen LogP contribution in [0.15, 0.2) is 28.7 Å². The van der Waals surface area contributed by atoms with E-state index in [2.05, 4.69) is 15.9 Å². The maximum Gasteiger partial charge on any atom is 0.309 e. The molecule has 0 fully saturated rings. The van der Waals surface area contributed by atoms with Crippen LogP contribution in [0.4, 0.5) is 0 Å². The molecule has 0 heterocycles. The van der Waals surface area contributed by atoms with Crippen molar-refractivity contribution in [3.8, 4) is 0 Å². The maximum absolute atomic E-state index is 11.1. The van der Waals surface area contributed by atoms with Gasteiger partial charge < -0.3 is 5.11 Å². The Balaban J connectivity index is 2.89. The smallest absolute Gasteiger partial charge is 0.309 e. The summed E-state index contributed by atoms with van der Waals surface area (Å²) in [6, 6.07) is 7.80. The number of hydrogen-bond acceptors (Lipinski definition) is 1. The number of carbonyl (C=O) groups is 1. The molecule has 1 N–H and O–H groups in total. The van der Waals surface area contributed by atoms with Crippen LogP contribution in [0, 0.1) is 5.41 Å². The van der Waals surface area contributed by atoms with Crippen molar-refractivity contribution in [1.29, 1.82) is 0 Å². The summed E-state index contributed by atoms with van der Waals surface area (Å²) in [5.74, 6) is -0.732. The molecular formula is C12H15BrO2. The van der Waals surface area contributed by atoms with Crippen molar-refractivity contribution in [1.82, 2.24) is 0 Å². The second-order valence-corrected chi connectivity index (χ2v) is 4.94. The van der Waals surface area contributed by atoms with Gasteiger partial charge in [-0.05, 0) is 37.5 Å². The molecule has 15 heavy (non-hydrogen) atoms. The molecule has 0 amide bonds. The van der Waals surface area contributed by atoms with E-state index < -0.39 is 11.4 Å². The standard InChI is InChI=1S/C12H15BrO2/c1-3-12(2,11(14)15)8-9-5-4-6-10(13)7-9/h4-7H,3,8H2,1-2H3,(H,14,15). The van der Waals surface area contributed by atoms with E-state index in [-0.39, 0.29) is 0 Å². The van der Waals surface area contributed by atoms with E-state index in [1.54, 1.807) is 6.92 Å². The van der Waals surface area contributed by atoms with Gasteiger partial charge in [-0.1, -0.05) is 35.0 Å². The lowest BCUT2D eigenvalue weighted by Crippen LogP contribution is -2.29. The fourth-order valence-corrected chi connectivity index (χ4v) is 1.90. The lowest BCUT2D eigenvalue weighted by atomic mass is 9.81. The number of hydrogen-bond donors (Lipinski definition) is 1. The third-order valence-corrected chi connectivity index (χ3v) is 3.27. The lowest BCUT2D eigenvalue weighted by Gasteiger charge is -2.22. The van der Waals surface area contributed by atoms with Gasteiger partial charge in [0, 0.05) is 4.47 Å². The number of carboxylic acid groups (broad SMARTS) is 1. The molecule has 0 bridgehead atoms. The Labute approximate surface area is 98.4 Å². The number of halogens is 1. The third kappa shape index (κ3) is 3.06. The summed E-state index contributed by atoms with van der Waals surface area (Å²) in [7, 11) is 0. The summed E-state index contributed by atoms with van der Waals surface area (Å²) in [5, 5.41) is 9.15. The summed E-state index contributed by atoms with van der Waals surface area (Å²) in [5.41, 5.74) is 0.386. The molecule has 0 aliphatic carbocycles. The fourth-order valence-electron chi connectivity index (χ4n) is 1.45. The van der Waals surface area contributed by atoms with Crippen molar-refractivity contribution in [3.63, 3.8) is 0 Å². The second-order valence-electron chi connectivity index (χ2n) is 4.03. The first kappa shape index (κ1) is 12.2. The summed E-state index contributed by atoms with van der Waals surface area (Å²) in [6.45, 7) is 3.70. The van der Waals surface area contributed by atoms with Crippen LogP contribution in [-0.2, 0) is 11.2 Å². The molecule has 2 nitrogen and oxygen atoms in total. The summed E-state index contributed by atoms with van der Waals surface area (Å²) >= 11 is 3.38. The predicted molar refractivity (Wildman–Crippen MR) is 63.9 cm³/mol. The molecule has 1 unspecified atom stereocenters. The zero-order valence-corrected chi connectivity index (χ0v) is 10.5.